The topological polar surface area (TPSA) is 27.8 Å². The number of ether oxygens (including phenoxy) is 1. The molecule has 3 heterocycles. The SMILES string of the molecule is [C-]#[N+]c1ccc2c(c1)c1ccccc1n2-c1ccc2c(c1)-c1cc(-n3c4ccccc4c4cc([N+]#[C-])ccc43)ccc1COC2. The highest BCUT2D eigenvalue weighted by Gasteiger charge is 2.20. The van der Waals surface area contributed by atoms with Crippen LogP contribution in [0.4, 0.5) is 11.4 Å². The highest BCUT2D eigenvalue weighted by molar-refractivity contribution is 6.11. The van der Waals surface area contributed by atoms with Crippen LogP contribution in [-0.2, 0) is 18.0 Å². The Balaban J connectivity index is 1.28. The van der Waals surface area contributed by atoms with E-state index in [-0.39, 0.29) is 0 Å². The summed E-state index contributed by atoms with van der Waals surface area (Å²) in [5.74, 6) is 0. The Labute approximate surface area is 259 Å². The standard InChI is InChI=1S/C40H24N4O/c1-41-27-13-17-39-35(19-27)31-7-3-5-9-37(31)43(39)29-15-11-25-23-45-24-26-12-16-30(22-34(26)33(25)21-29)44-38-10-6-4-8-32(38)36-20-28(42-2)14-18-40(36)44/h3-22H,23-24H2. The van der Waals surface area contributed by atoms with Crippen molar-refractivity contribution in [3.63, 3.8) is 0 Å². The van der Waals surface area contributed by atoms with Gasteiger partial charge in [0.25, 0.3) is 0 Å². The zero-order valence-electron chi connectivity index (χ0n) is 24.2. The van der Waals surface area contributed by atoms with E-state index in [4.69, 9.17) is 17.9 Å². The van der Waals surface area contributed by atoms with Crippen LogP contribution >= 0.6 is 0 Å². The van der Waals surface area contributed by atoms with Crippen molar-refractivity contribution in [3.8, 4) is 22.5 Å². The first-order chi connectivity index (χ1) is 22.2. The van der Waals surface area contributed by atoms with Crippen LogP contribution in [0.5, 0.6) is 0 Å². The molecular formula is C40H24N4O. The van der Waals surface area contributed by atoms with Gasteiger partial charge in [-0.2, -0.15) is 0 Å². The number of hydrogen-bond acceptors (Lipinski definition) is 1. The molecule has 0 N–H and O–H groups in total. The zero-order chi connectivity index (χ0) is 30.1. The van der Waals surface area contributed by atoms with Crippen LogP contribution in [-0.4, -0.2) is 9.13 Å². The first kappa shape index (κ1) is 25.4. The maximum absolute atomic E-state index is 7.56. The second-order valence-electron chi connectivity index (χ2n) is 11.5. The van der Waals surface area contributed by atoms with Crippen molar-refractivity contribution in [3.05, 3.63) is 155 Å². The third-order valence-electron chi connectivity index (χ3n) is 9.08. The van der Waals surface area contributed by atoms with Crippen molar-refractivity contribution in [2.45, 2.75) is 13.2 Å². The van der Waals surface area contributed by atoms with E-state index in [0.717, 1.165) is 77.2 Å². The molecule has 9 rings (SSSR count). The van der Waals surface area contributed by atoms with Gasteiger partial charge in [-0.1, -0.05) is 60.7 Å². The molecule has 0 aliphatic carbocycles. The van der Waals surface area contributed by atoms with Crippen LogP contribution < -0.4 is 0 Å². The number of nitrogens with zero attached hydrogens (tertiary/aromatic N) is 4. The van der Waals surface area contributed by atoms with Gasteiger partial charge in [-0.15, -0.1) is 0 Å². The van der Waals surface area contributed by atoms with E-state index in [9.17, 15) is 0 Å². The molecule has 0 spiro atoms. The minimum atomic E-state index is 0.538. The molecule has 6 aromatic carbocycles. The molecule has 5 heteroatoms. The van der Waals surface area contributed by atoms with Crippen LogP contribution in [0.2, 0.25) is 0 Å². The highest BCUT2D eigenvalue weighted by atomic mass is 16.5. The van der Waals surface area contributed by atoms with Crippen LogP contribution in [0.1, 0.15) is 11.1 Å². The quantitative estimate of drug-likeness (QED) is 0.188. The Hall–Kier alpha value is -6.14. The first-order valence-corrected chi connectivity index (χ1v) is 14.9. The second kappa shape index (κ2) is 9.69. The van der Waals surface area contributed by atoms with Gasteiger partial charge < -0.3 is 13.9 Å². The third-order valence-corrected chi connectivity index (χ3v) is 9.08. The fourth-order valence-electron chi connectivity index (χ4n) is 7.05. The lowest BCUT2D eigenvalue weighted by Crippen LogP contribution is -1.99. The first-order valence-electron chi connectivity index (χ1n) is 14.9. The molecule has 8 aromatic rings. The Morgan fingerprint density at radius 2 is 0.911 bits per heavy atom. The summed E-state index contributed by atoms with van der Waals surface area (Å²) in [5, 5.41) is 4.42. The smallest absolute Gasteiger partial charge is 0.188 e. The van der Waals surface area contributed by atoms with Gasteiger partial charge in [0.05, 0.1) is 48.4 Å². The zero-order valence-corrected chi connectivity index (χ0v) is 24.2. The van der Waals surface area contributed by atoms with E-state index in [1.54, 1.807) is 0 Å². The van der Waals surface area contributed by atoms with Crippen LogP contribution in [0.15, 0.2) is 121 Å². The van der Waals surface area contributed by atoms with Gasteiger partial charge in [0.1, 0.15) is 0 Å². The lowest BCUT2D eigenvalue weighted by atomic mass is 9.95. The number of hydrogen-bond donors (Lipinski definition) is 0. The molecule has 0 saturated carbocycles. The van der Waals surface area contributed by atoms with Crippen LogP contribution in [0.3, 0.4) is 0 Å². The summed E-state index contributed by atoms with van der Waals surface area (Å²) >= 11 is 0. The fourth-order valence-corrected chi connectivity index (χ4v) is 7.05. The van der Waals surface area contributed by atoms with Gasteiger partial charge in [0.2, 0.25) is 0 Å². The van der Waals surface area contributed by atoms with Crippen LogP contribution in [0, 0.1) is 13.1 Å². The molecule has 0 atom stereocenters. The molecular weight excluding hydrogens is 552 g/mol. The minimum Gasteiger partial charge on any atom is -0.372 e. The molecule has 0 amide bonds. The Morgan fingerprint density at radius 3 is 1.38 bits per heavy atom. The molecule has 1 aliphatic rings. The number of rotatable bonds is 2. The second-order valence-corrected chi connectivity index (χ2v) is 11.5. The molecule has 1 aliphatic heterocycles. The fraction of sp³-hybridized carbons (Fsp3) is 0.0500. The minimum absolute atomic E-state index is 0.538. The van der Waals surface area contributed by atoms with Crippen molar-refractivity contribution in [2.24, 2.45) is 0 Å². The number of fused-ring (bicyclic) bond motifs is 9. The van der Waals surface area contributed by atoms with E-state index in [1.807, 2.05) is 24.3 Å². The van der Waals surface area contributed by atoms with Crippen molar-refractivity contribution in [1.29, 1.82) is 0 Å². The van der Waals surface area contributed by atoms with Gasteiger partial charge in [0, 0.05) is 22.1 Å². The Morgan fingerprint density at radius 1 is 0.467 bits per heavy atom. The summed E-state index contributed by atoms with van der Waals surface area (Å²) < 4.78 is 10.8. The van der Waals surface area contributed by atoms with Crippen molar-refractivity contribution < 1.29 is 4.74 Å². The van der Waals surface area contributed by atoms with E-state index < -0.39 is 0 Å². The molecule has 5 nitrogen and oxygen atoms in total. The molecule has 210 valence electrons. The average Bonchev–Trinajstić information content (AvgIpc) is 3.53. The van der Waals surface area contributed by atoms with Crippen molar-refractivity contribution >= 4 is 55.0 Å². The monoisotopic (exact) mass is 576 g/mol. The van der Waals surface area contributed by atoms with Crippen LogP contribution in [0.25, 0.3) is 75.8 Å². The molecule has 0 unspecified atom stereocenters. The lowest BCUT2D eigenvalue weighted by Gasteiger charge is -2.16. The summed E-state index contributed by atoms with van der Waals surface area (Å²) in [6.07, 6.45) is 0. The average molecular weight is 577 g/mol. The summed E-state index contributed by atoms with van der Waals surface area (Å²) in [5.41, 5.74) is 12.4. The highest BCUT2D eigenvalue weighted by Crippen LogP contribution is 2.40. The molecule has 0 bridgehead atoms. The summed E-state index contributed by atoms with van der Waals surface area (Å²) in [7, 11) is 0. The molecule has 45 heavy (non-hydrogen) atoms. The predicted molar refractivity (Wildman–Crippen MR) is 182 cm³/mol. The number of para-hydroxylation sites is 2. The van der Waals surface area contributed by atoms with Gasteiger partial charge in [-0.05, 0) is 93.7 Å². The lowest BCUT2D eigenvalue weighted by molar-refractivity contribution is 0.110. The number of benzene rings is 6. The van der Waals surface area contributed by atoms with Crippen molar-refractivity contribution in [1.82, 2.24) is 9.13 Å². The van der Waals surface area contributed by atoms with Gasteiger partial charge in [-0.25, -0.2) is 9.69 Å². The summed E-state index contributed by atoms with van der Waals surface area (Å²) in [6, 6.07) is 42.0. The Kier molecular flexibility index (Phi) is 5.46. The van der Waals surface area contributed by atoms with E-state index in [0.29, 0.717) is 24.6 Å². The molecule has 2 aromatic heterocycles. The number of aromatic nitrogens is 2. The van der Waals surface area contributed by atoms with E-state index in [1.165, 1.54) is 0 Å². The third kappa shape index (κ3) is 3.76. The molecule has 0 radical (unpaired) electrons. The normalized spacial score (nSPS) is 12.6. The maximum atomic E-state index is 7.56. The van der Waals surface area contributed by atoms with E-state index >= 15 is 0 Å². The van der Waals surface area contributed by atoms with E-state index in [2.05, 4.69) is 116 Å². The Bertz CT molecular complexity index is 2430. The summed E-state index contributed by atoms with van der Waals surface area (Å²) in [6.45, 7) is 16.2. The van der Waals surface area contributed by atoms with Crippen molar-refractivity contribution in [2.75, 3.05) is 0 Å². The maximum Gasteiger partial charge on any atom is 0.188 e. The molecule has 0 fully saturated rings. The largest absolute Gasteiger partial charge is 0.372 e. The summed E-state index contributed by atoms with van der Waals surface area (Å²) in [4.78, 5) is 7.38. The van der Waals surface area contributed by atoms with Gasteiger partial charge in [0.15, 0.2) is 11.4 Å². The molecule has 0 saturated heterocycles. The van der Waals surface area contributed by atoms with Gasteiger partial charge in [-0.3, -0.25) is 0 Å². The predicted octanol–water partition coefficient (Wildman–Crippen LogP) is 10.7. The van der Waals surface area contributed by atoms with Gasteiger partial charge >= 0.3 is 0 Å².